The van der Waals surface area contributed by atoms with E-state index in [2.05, 4.69) is 10.2 Å². The number of benzene rings is 1. The van der Waals surface area contributed by atoms with E-state index < -0.39 is 0 Å². The van der Waals surface area contributed by atoms with Crippen molar-refractivity contribution in [3.8, 4) is 11.5 Å². The van der Waals surface area contributed by atoms with E-state index in [9.17, 15) is 5.11 Å². The van der Waals surface area contributed by atoms with Gasteiger partial charge in [0.05, 0.1) is 7.11 Å². The Kier molecular flexibility index (Phi) is 3.56. The quantitative estimate of drug-likeness (QED) is 0.886. The van der Waals surface area contributed by atoms with Crippen LogP contribution in [0, 0.1) is 11.8 Å². The number of likely N-dealkylation sites (tertiary alicyclic amines) is 1. The van der Waals surface area contributed by atoms with Gasteiger partial charge in [0.1, 0.15) is 0 Å². The zero-order chi connectivity index (χ0) is 13.4. The van der Waals surface area contributed by atoms with Crippen LogP contribution in [0.4, 0.5) is 0 Å². The number of hydrogen-bond donors (Lipinski definition) is 2. The van der Waals surface area contributed by atoms with Crippen molar-refractivity contribution in [3.05, 3.63) is 22.7 Å². The maximum atomic E-state index is 10.2. The maximum Gasteiger partial charge on any atom is 0.162 e. The van der Waals surface area contributed by atoms with Gasteiger partial charge in [0.25, 0.3) is 0 Å². The SMILES string of the molecule is COc1cc(Cl)cc(CN2CC3CNCC3C2)c1O. The number of methoxy groups -OCH3 is 1. The van der Waals surface area contributed by atoms with Crippen LogP contribution >= 0.6 is 11.6 Å². The van der Waals surface area contributed by atoms with Gasteiger partial charge in [-0.15, -0.1) is 0 Å². The molecule has 0 bridgehead atoms. The van der Waals surface area contributed by atoms with E-state index in [-0.39, 0.29) is 5.75 Å². The van der Waals surface area contributed by atoms with Gasteiger partial charge in [-0.3, -0.25) is 4.90 Å². The summed E-state index contributed by atoms with van der Waals surface area (Å²) in [5.74, 6) is 2.16. The molecule has 2 aliphatic rings. The first kappa shape index (κ1) is 13.0. The highest BCUT2D eigenvalue weighted by atomic mass is 35.5. The first-order valence-electron chi connectivity index (χ1n) is 6.66. The second-order valence-corrected chi connectivity index (χ2v) is 5.92. The Hall–Kier alpha value is -0.970. The average Bonchev–Trinajstić information content (AvgIpc) is 2.94. The molecule has 2 unspecified atom stereocenters. The van der Waals surface area contributed by atoms with Crippen LogP contribution in [0.15, 0.2) is 12.1 Å². The van der Waals surface area contributed by atoms with Crippen molar-refractivity contribution >= 4 is 11.6 Å². The molecule has 2 N–H and O–H groups in total. The van der Waals surface area contributed by atoms with Crippen LogP contribution in [0.2, 0.25) is 5.02 Å². The topological polar surface area (TPSA) is 44.7 Å². The van der Waals surface area contributed by atoms with Crippen LogP contribution in [0.3, 0.4) is 0 Å². The molecule has 2 fully saturated rings. The smallest absolute Gasteiger partial charge is 0.162 e. The Bertz CT molecular complexity index is 469. The fourth-order valence-electron chi connectivity index (χ4n) is 3.23. The molecule has 0 radical (unpaired) electrons. The summed E-state index contributed by atoms with van der Waals surface area (Å²) in [6.07, 6.45) is 0. The number of phenolic OH excluding ortho intramolecular Hbond substituents is 1. The van der Waals surface area contributed by atoms with Crippen molar-refractivity contribution in [2.24, 2.45) is 11.8 Å². The number of fused-ring (bicyclic) bond motifs is 1. The minimum absolute atomic E-state index is 0.210. The second-order valence-electron chi connectivity index (χ2n) is 5.49. The van der Waals surface area contributed by atoms with Crippen LogP contribution in [-0.2, 0) is 6.54 Å². The Morgan fingerprint density at radius 1 is 1.37 bits per heavy atom. The molecule has 0 aliphatic carbocycles. The molecule has 0 spiro atoms. The summed E-state index contributed by atoms with van der Waals surface area (Å²) in [6.45, 7) is 5.14. The summed E-state index contributed by atoms with van der Waals surface area (Å²) in [5.41, 5.74) is 0.845. The van der Waals surface area contributed by atoms with Crippen LogP contribution in [0.1, 0.15) is 5.56 Å². The molecule has 1 aromatic carbocycles. The summed E-state index contributed by atoms with van der Waals surface area (Å²) in [7, 11) is 1.54. The molecule has 104 valence electrons. The zero-order valence-electron chi connectivity index (χ0n) is 11.0. The van der Waals surface area contributed by atoms with E-state index in [1.165, 1.54) is 0 Å². The molecular formula is C14H19ClN2O2. The average molecular weight is 283 g/mol. The molecule has 2 atom stereocenters. The molecule has 19 heavy (non-hydrogen) atoms. The fraction of sp³-hybridized carbons (Fsp3) is 0.571. The lowest BCUT2D eigenvalue weighted by Crippen LogP contribution is -2.25. The van der Waals surface area contributed by atoms with Gasteiger partial charge in [-0.05, 0) is 31.0 Å². The van der Waals surface area contributed by atoms with Crippen molar-refractivity contribution in [3.63, 3.8) is 0 Å². The lowest BCUT2D eigenvalue weighted by atomic mass is 10.0. The largest absolute Gasteiger partial charge is 0.504 e. The highest BCUT2D eigenvalue weighted by molar-refractivity contribution is 6.30. The molecule has 2 heterocycles. The van der Waals surface area contributed by atoms with Crippen LogP contribution in [0.25, 0.3) is 0 Å². The predicted octanol–water partition coefficient (Wildman–Crippen LogP) is 1.71. The standard InChI is InChI=1S/C14H19ClN2O2/c1-19-13-3-12(15)2-9(14(13)18)6-17-7-10-4-16-5-11(10)8-17/h2-3,10-11,16,18H,4-8H2,1H3. The van der Waals surface area contributed by atoms with Gasteiger partial charge in [0, 0.05) is 36.3 Å². The van der Waals surface area contributed by atoms with Crippen molar-refractivity contribution < 1.29 is 9.84 Å². The van der Waals surface area contributed by atoms with E-state index in [4.69, 9.17) is 16.3 Å². The molecule has 2 aliphatic heterocycles. The number of hydrogen-bond acceptors (Lipinski definition) is 4. The number of rotatable bonds is 3. The molecule has 0 saturated carbocycles. The highest BCUT2D eigenvalue weighted by Gasteiger charge is 2.36. The Balaban J connectivity index is 1.75. The third-order valence-corrected chi connectivity index (χ3v) is 4.42. The van der Waals surface area contributed by atoms with Crippen molar-refractivity contribution in [2.45, 2.75) is 6.54 Å². The van der Waals surface area contributed by atoms with E-state index >= 15 is 0 Å². The molecule has 5 heteroatoms. The van der Waals surface area contributed by atoms with Crippen LogP contribution in [0.5, 0.6) is 11.5 Å². The third kappa shape index (κ3) is 2.53. The molecule has 1 aromatic rings. The molecule has 0 amide bonds. The van der Waals surface area contributed by atoms with Crippen molar-refractivity contribution in [1.82, 2.24) is 10.2 Å². The van der Waals surface area contributed by atoms with Gasteiger partial charge >= 0.3 is 0 Å². The van der Waals surface area contributed by atoms with E-state index in [1.807, 2.05) is 6.07 Å². The molecule has 3 rings (SSSR count). The Morgan fingerprint density at radius 3 is 2.68 bits per heavy atom. The lowest BCUT2D eigenvalue weighted by molar-refractivity contribution is 0.296. The Morgan fingerprint density at radius 2 is 2.05 bits per heavy atom. The second kappa shape index (κ2) is 5.19. The summed E-state index contributed by atoms with van der Waals surface area (Å²) >= 11 is 6.06. The van der Waals surface area contributed by atoms with Crippen LogP contribution in [-0.4, -0.2) is 43.3 Å². The van der Waals surface area contributed by atoms with E-state index in [0.717, 1.165) is 50.1 Å². The van der Waals surface area contributed by atoms with Crippen molar-refractivity contribution in [1.29, 1.82) is 0 Å². The first-order chi connectivity index (χ1) is 9.17. The number of nitrogens with one attached hydrogen (secondary N) is 1. The minimum atomic E-state index is 0.210. The first-order valence-corrected chi connectivity index (χ1v) is 7.03. The van der Waals surface area contributed by atoms with Gasteiger partial charge in [-0.2, -0.15) is 0 Å². The van der Waals surface area contributed by atoms with Crippen LogP contribution < -0.4 is 10.1 Å². The third-order valence-electron chi connectivity index (χ3n) is 4.20. The summed E-state index contributed by atoms with van der Waals surface area (Å²) < 4.78 is 5.14. The molecule has 4 nitrogen and oxygen atoms in total. The number of halogens is 1. The number of phenols is 1. The number of aromatic hydroxyl groups is 1. The zero-order valence-corrected chi connectivity index (χ0v) is 11.8. The summed E-state index contributed by atoms with van der Waals surface area (Å²) in [5, 5.41) is 14.2. The molecular weight excluding hydrogens is 264 g/mol. The van der Waals surface area contributed by atoms with Gasteiger partial charge in [-0.25, -0.2) is 0 Å². The summed E-state index contributed by atoms with van der Waals surface area (Å²) in [4.78, 5) is 2.39. The van der Waals surface area contributed by atoms with Crippen molar-refractivity contribution in [2.75, 3.05) is 33.3 Å². The maximum absolute atomic E-state index is 10.2. The normalized spacial score (nSPS) is 26.6. The van der Waals surface area contributed by atoms with Gasteiger partial charge in [0.2, 0.25) is 0 Å². The highest BCUT2D eigenvalue weighted by Crippen LogP contribution is 2.35. The number of ether oxygens (including phenoxy) is 1. The number of nitrogens with zero attached hydrogens (tertiary/aromatic N) is 1. The van der Waals surface area contributed by atoms with E-state index in [1.54, 1.807) is 13.2 Å². The summed E-state index contributed by atoms with van der Waals surface area (Å²) in [6, 6.07) is 3.47. The minimum Gasteiger partial charge on any atom is -0.504 e. The van der Waals surface area contributed by atoms with Gasteiger partial charge in [0.15, 0.2) is 11.5 Å². The molecule has 0 aromatic heterocycles. The van der Waals surface area contributed by atoms with Gasteiger partial charge in [-0.1, -0.05) is 11.6 Å². The lowest BCUT2D eigenvalue weighted by Gasteiger charge is -2.18. The monoisotopic (exact) mass is 282 g/mol. The predicted molar refractivity (Wildman–Crippen MR) is 74.8 cm³/mol. The molecule has 2 saturated heterocycles. The van der Waals surface area contributed by atoms with E-state index in [0.29, 0.717) is 10.8 Å². The Labute approximate surface area is 118 Å². The fourth-order valence-corrected chi connectivity index (χ4v) is 3.46. The van der Waals surface area contributed by atoms with Gasteiger partial charge < -0.3 is 15.2 Å².